The lowest BCUT2D eigenvalue weighted by atomic mass is 10.0. The molecule has 0 saturated carbocycles. The maximum Gasteiger partial charge on any atom is 0.422 e. The minimum atomic E-state index is -4.86. The molecule has 2 N–H and O–H groups in total. The van der Waals surface area contributed by atoms with E-state index in [-0.39, 0.29) is 6.04 Å². The van der Waals surface area contributed by atoms with E-state index in [1.165, 1.54) is 16.8 Å². The minimum Gasteiger partial charge on any atom is -0.375 e. The van der Waals surface area contributed by atoms with E-state index >= 15 is 0 Å². The van der Waals surface area contributed by atoms with Crippen LogP contribution in [0, 0.1) is 0 Å². The van der Waals surface area contributed by atoms with Crippen LogP contribution in [0.5, 0.6) is 0 Å². The van der Waals surface area contributed by atoms with Gasteiger partial charge in [-0.15, -0.1) is 0 Å². The lowest BCUT2D eigenvalue weighted by Gasteiger charge is -2.25. The summed E-state index contributed by atoms with van der Waals surface area (Å²) in [6, 6.07) is 5.52. The van der Waals surface area contributed by atoms with Crippen LogP contribution >= 0.6 is 0 Å². The van der Waals surface area contributed by atoms with Crippen molar-refractivity contribution in [2.24, 2.45) is 4.99 Å². The van der Waals surface area contributed by atoms with Crippen LogP contribution < -0.4 is 5.32 Å². The van der Waals surface area contributed by atoms with Crippen molar-refractivity contribution in [3.8, 4) is 11.4 Å². The highest BCUT2D eigenvalue weighted by molar-refractivity contribution is 5.64. The summed E-state index contributed by atoms with van der Waals surface area (Å²) >= 11 is 0. The number of anilines is 1. The number of aliphatic hydroxyl groups is 1. The second-order valence-corrected chi connectivity index (χ2v) is 6.75. The van der Waals surface area contributed by atoms with E-state index in [1.54, 1.807) is 12.1 Å². The fourth-order valence-electron chi connectivity index (χ4n) is 2.92. The summed E-state index contributed by atoms with van der Waals surface area (Å²) < 4.78 is 40.9. The van der Waals surface area contributed by atoms with Gasteiger partial charge in [-0.05, 0) is 19.1 Å². The summed E-state index contributed by atoms with van der Waals surface area (Å²) in [5.41, 5.74) is -2.24. The molecule has 1 aliphatic rings. The van der Waals surface area contributed by atoms with E-state index in [9.17, 15) is 18.3 Å². The van der Waals surface area contributed by atoms with Gasteiger partial charge in [0, 0.05) is 18.8 Å². The highest BCUT2D eigenvalue weighted by atomic mass is 19.4. The van der Waals surface area contributed by atoms with Crippen LogP contribution in [-0.2, 0) is 5.60 Å². The molecule has 2 atom stereocenters. The number of imidazole rings is 1. The molecule has 28 heavy (non-hydrogen) atoms. The lowest BCUT2D eigenvalue weighted by molar-refractivity contribution is -0.260. The molecule has 4 rings (SSSR count). The Hall–Kier alpha value is -3.01. The highest BCUT2D eigenvalue weighted by Crippen LogP contribution is 2.37. The first-order valence-electron chi connectivity index (χ1n) is 8.60. The quantitative estimate of drug-likeness (QED) is 0.715. The Bertz CT molecular complexity index is 1040. The summed E-state index contributed by atoms with van der Waals surface area (Å²) in [6.45, 7) is 1.34. The number of rotatable bonds is 4. The van der Waals surface area contributed by atoms with Crippen molar-refractivity contribution in [3.63, 3.8) is 0 Å². The van der Waals surface area contributed by atoms with E-state index in [0.717, 1.165) is 12.6 Å². The maximum atomic E-state index is 13.2. The second-order valence-electron chi connectivity index (χ2n) is 6.75. The zero-order valence-corrected chi connectivity index (χ0v) is 14.9. The minimum absolute atomic E-state index is 0.169. The number of hydrogen-bond donors (Lipinski definition) is 2. The summed E-state index contributed by atoms with van der Waals surface area (Å²) in [5.74, 6) is 0.638. The Morgan fingerprint density at radius 2 is 2.04 bits per heavy atom. The maximum absolute atomic E-state index is 13.2. The number of pyridine rings is 1. The first-order chi connectivity index (χ1) is 13.3. The van der Waals surface area contributed by atoms with Gasteiger partial charge in [0.05, 0.1) is 42.1 Å². The SMILES string of the molecule is CC(O)(c1cn2c(-c3cccc(NC4CC=NC4)n3)cnc2cn1)C(F)(F)F. The van der Waals surface area contributed by atoms with Gasteiger partial charge in [0.25, 0.3) is 0 Å². The number of alkyl halides is 3. The van der Waals surface area contributed by atoms with Crippen molar-refractivity contribution in [2.75, 3.05) is 11.9 Å². The van der Waals surface area contributed by atoms with Gasteiger partial charge in [0.1, 0.15) is 5.82 Å². The zero-order valence-electron chi connectivity index (χ0n) is 14.9. The molecule has 0 aromatic carbocycles. The Morgan fingerprint density at radius 1 is 1.21 bits per heavy atom. The predicted molar refractivity (Wildman–Crippen MR) is 97.2 cm³/mol. The molecule has 2 unspecified atom stereocenters. The highest BCUT2D eigenvalue weighted by Gasteiger charge is 2.52. The Kier molecular flexibility index (Phi) is 4.30. The number of nitrogens with one attached hydrogen (secondary N) is 1. The van der Waals surface area contributed by atoms with Crippen LogP contribution in [0.25, 0.3) is 17.0 Å². The molecular formula is C18H17F3N6O. The number of fused-ring (bicyclic) bond motifs is 1. The van der Waals surface area contributed by atoms with Gasteiger partial charge in [0.2, 0.25) is 5.60 Å². The van der Waals surface area contributed by atoms with Crippen LogP contribution in [0.4, 0.5) is 19.0 Å². The van der Waals surface area contributed by atoms with Gasteiger partial charge < -0.3 is 10.4 Å². The van der Waals surface area contributed by atoms with E-state index in [1.807, 2.05) is 12.3 Å². The second kappa shape index (κ2) is 6.55. The molecule has 0 saturated heterocycles. The van der Waals surface area contributed by atoms with Crippen molar-refractivity contribution < 1.29 is 18.3 Å². The molecule has 10 heteroatoms. The van der Waals surface area contributed by atoms with Crippen LogP contribution in [-0.4, -0.2) is 49.4 Å². The Labute approximate surface area is 158 Å². The molecular weight excluding hydrogens is 373 g/mol. The summed E-state index contributed by atoms with van der Waals surface area (Å²) in [7, 11) is 0. The molecule has 7 nitrogen and oxygen atoms in total. The molecule has 3 aromatic rings. The zero-order chi connectivity index (χ0) is 19.9. The monoisotopic (exact) mass is 390 g/mol. The third-order valence-corrected chi connectivity index (χ3v) is 4.66. The van der Waals surface area contributed by atoms with Crippen molar-refractivity contribution in [1.29, 1.82) is 0 Å². The van der Waals surface area contributed by atoms with E-state index in [2.05, 4.69) is 25.3 Å². The van der Waals surface area contributed by atoms with E-state index < -0.39 is 17.5 Å². The average Bonchev–Trinajstić information content (AvgIpc) is 3.30. The molecule has 0 fully saturated rings. The normalized spacial score (nSPS) is 19.1. The molecule has 0 bridgehead atoms. The van der Waals surface area contributed by atoms with Gasteiger partial charge >= 0.3 is 6.18 Å². The summed E-state index contributed by atoms with van der Waals surface area (Å²) in [4.78, 5) is 16.6. The smallest absolute Gasteiger partial charge is 0.375 e. The molecule has 0 spiro atoms. The standard InChI is InChI=1S/C18H17F3N6O/c1-17(28,18(19,20)21)14-10-27-13(8-24-16(27)9-23-14)12-3-2-4-15(26-12)25-11-5-6-22-7-11/h2-4,6,8-11,28H,5,7H2,1H3,(H,25,26). The van der Waals surface area contributed by atoms with Crippen LogP contribution in [0.3, 0.4) is 0 Å². The van der Waals surface area contributed by atoms with Crippen LogP contribution in [0.1, 0.15) is 19.0 Å². The largest absolute Gasteiger partial charge is 0.422 e. The average molecular weight is 390 g/mol. The van der Waals surface area contributed by atoms with Gasteiger partial charge in [-0.2, -0.15) is 13.2 Å². The van der Waals surface area contributed by atoms with Gasteiger partial charge in [-0.3, -0.25) is 14.4 Å². The van der Waals surface area contributed by atoms with Gasteiger partial charge in [-0.1, -0.05) is 6.07 Å². The molecule has 3 aromatic heterocycles. The van der Waals surface area contributed by atoms with Crippen molar-refractivity contribution in [2.45, 2.75) is 31.2 Å². The summed E-state index contributed by atoms with van der Waals surface area (Å²) in [5, 5.41) is 13.2. The molecule has 146 valence electrons. The fourth-order valence-corrected chi connectivity index (χ4v) is 2.92. The van der Waals surface area contributed by atoms with Crippen molar-refractivity contribution >= 4 is 17.7 Å². The molecule has 4 heterocycles. The Morgan fingerprint density at radius 3 is 2.75 bits per heavy atom. The third kappa shape index (κ3) is 3.19. The first kappa shape index (κ1) is 18.4. The number of aromatic nitrogens is 4. The Balaban J connectivity index is 1.72. The number of halogens is 3. The third-order valence-electron chi connectivity index (χ3n) is 4.66. The van der Waals surface area contributed by atoms with Crippen molar-refractivity contribution in [1.82, 2.24) is 19.4 Å². The number of hydrogen-bond acceptors (Lipinski definition) is 6. The van der Waals surface area contributed by atoms with Gasteiger partial charge in [0.15, 0.2) is 5.65 Å². The van der Waals surface area contributed by atoms with E-state index in [0.29, 0.717) is 36.3 Å². The predicted octanol–water partition coefficient (Wildman–Crippen LogP) is 2.82. The lowest BCUT2D eigenvalue weighted by Crippen LogP contribution is -2.40. The number of nitrogens with zero attached hydrogens (tertiary/aromatic N) is 5. The number of aliphatic imine (C=N–C) groups is 1. The first-order valence-corrected chi connectivity index (χ1v) is 8.60. The van der Waals surface area contributed by atoms with Crippen LogP contribution in [0.2, 0.25) is 0 Å². The van der Waals surface area contributed by atoms with Gasteiger partial charge in [-0.25, -0.2) is 9.97 Å². The van der Waals surface area contributed by atoms with Crippen molar-refractivity contribution in [3.05, 3.63) is 42.5 Å². The molecule has 0 aliphatic carbocycles. The summed E-state index contributed by atoms with van der Waals surface area (Å²) in [6.07, 6.45) is 1.64. The molecule has 0 radical (unpaired) electrons. The van der Waals surface area contributed by atoms with E-state index in [4.69, 9.17) is 0 Å². The molecule has 1 aliphatic heterocycles. The van der Waals surface area contributed by atoms with Crippen LogP contribution in [0.15, 0.2) is 41.8 Å². The topological polar surface area (TPSA) is 87.7 Å². The molecule has 0 amide bonds. The fraction of sp³-hybridized carbons (Fsp3) is 0.333.